The number of hydrogen-bond donors (Lipinski definition) is 3. The number of hydrogen-bond acceptors (Lipinski definition) is 6. The highest BCUT2D eigenvalue weighted by Gasteiger charge is 2.29. The summed E-state index contributed by atoms with van der Waals surface area (Å²) in [5.74, 6) is 1.45. The molecule has 0 bridgehead atoms. The molecule has 1 aliphatic carbocycles. The highest BCUT2D eigenvalue weighted by molar-refractivity contribution is 6.58. The summed E-state index contributed by atoms with van der Waals surface area (Å²) in [7, 11) is 5.88. The largest absolute Gasteiger partial charge is 0.498 e. The number of ether oxygens (including phenoxy) is 1. The Labute approximate surface area is 216 Å². The van der Waals surface area contributed by atoms with Gasteiger partial charge in [-0.15, -0.1) is 0 Å². The Morgan fingerprint density at radius 3 is 2.65 bits per heavy atom. The van der Waals surface area contributed by atoms with Crippen molar-refractivity contribution in [2.24, 2.45) is 0 Å². The number of anilines is 1. The van der Waals surface area contributed by atoms with Crippen LogP contribution in [0.5, 0.6) is 5.88 Å². The molecule has 3 heterocycles. The van der Waals surface area contributed by atoms with Gasteiger partial charge in [0, 0.05) is 23.1 Å². The molecule has 0 amide bonds. The minimum absolute atomic E-state index is 0.162. The van der Waals surface area contributed by atoms with Crippen LogP contribution in [0.4, 0.5) is 14.7 Å². The van der Waals surface area contributed by atoms with E-state index >= 15 is 0 Å². The second kappa shape index (κ2) is 9.34. The number of benzene rings is 1. The lowest BCUT2D eigenvalue weighted by atomic mass is 9.52. The van der Waals surface area contributed by atoms with E-state index in [1.807, 2.05) is 54.9 Å². The molecule has 8 nitrogen and oxygen atoms in total. The van der Waals surface area contributed by atoms with Gasteiger partial charge in [0.2, 0.25) is 11.8 Å². The summed E-state index contributed by atoms with van der Waals surface area (Å²) < 4.78 is 34.3. The van der Waals surface area contributed by atoms with Gasteiger partial charge in [-0.2, -0.15) is 9.97 Å². The van der Waals surface area contributed by atoms with Crippen LogP contribution in [0.2, 0.25) is 0 Å². The summed E-state index contributed by atoms with van der Waals surface area (Å²) in [5, 5.41) is 13.9. The van der Waals surface area contributed by atoms with Gasteiger partial charge in [-0.05, 0) is 57.2 Å². The first-order chi connectivity index (χ1) is 17.4. The fourth-order valence-corrected chi connectivity index (χ4v) is 5.00. The number of fused-ring (bicyclic) bond motifs is 2. The minimum atomic E-state index is -2.48. The van der Waals surface area contributed by atoms with Crippen molar-refractivity contribution in [2.45, 2.75) is 69.4 Å². The third-order valence-electron chi connectivity index (χ3n) is 6.87. The third kappa shape index (κ3) is 5.46. The van der Waals surface area contributed by atoms with Gasteiger partial charge in [0.05, 0.1) is 28.6 Å². The Hall–Kier alpha value is -3.08. The van der Waals surface area contributed by atoms with Gasteiger partial charge in [0.25, 0.3) is 6.43 Å². The van der Waals surface area contributed by atoms with Crippen LogP contribution >= 0.6 is 0 Å². The van der Waals surface area contributed by atoms with Gasteiger partial charge in [0.1, 0.15) is 35.0 Å². The summed E-state index contributed by atoms with van der Waals surface area (Å²) in [6.07, 6.45) is 2.45. The molecule has 192 valence electrons. The molecule has 0 atom stereocenters. The molecule has 3 N–H and O–H groups in total. The summed E-state index contributed by atoms with van der Waals surface area (Å²) in [6, 6.07) is 5.81. The number of nitrogens with zero attached hydrogens (tertiary/aromatic N) is 4. The van der Waals surface area contributed by atoms with E-state index in [0.29, 0.717) is 34.3 Å². The van der Waals surface area contributed by atoms with Crippen molar-refractivity contribution in [3.63, 3.8) is 0 Å². The molecule has 0 saturated heterocycles. The van der Waals surface area contributed by atoms with E-state index in [-0.39, 0.29) is 6.04 Å². The first kappa shape index (κ1) is 25.6. The van der Waals surface area contributed by atoms with E-state index in [9.17, 15) is 13.9 Å². The van der Waals surface area contributed by atoms with Crippen LogP contribution in [0.15, 0.2) is 24.4 Å². The Morgan fingerprint density at radius 1 is 1.24 bits per heavy atom. The van der Waals surface area contributed by atoms with Crippen LogP contribution in [-0.4, -0.2) is 76.5 Å². The molecule has 1 aromatic carbocycles. The smallest absolute Gasteiger partial charge is 0.256 e. The number of nitrogens with one attached hydrogen (secondary N) is 2. The molecule has 3 aromatic heterocycles. The van der Waals surface area contributed by atoms with Crippen LogP contribution in [0.3, 0.4) is 0 Å². The highest BCUT2D eigenvalue weighted by atomic mass is 19.3. The maximum Gasteiger partial charge on any atom is 0.256 e. The summed E-state index contributed by atoms with van der Waals surface area (Å²) in [6.45, 7) is 3.20. The van der Waals surface area contributed by atoms with Gasteiger partial charge in [-0.3, -0.25) is 0 Å². The maximum atomic E-state index is 13.2. The van der Waals surface area contributed by atoms with E-state index in [1.54, 1.807) is 11.5 Å². The molecule has 13 heteroatoms. The van der Waals surface area contributed by atoms with Gasteiger partial charge in [-0.1, -0.05) is 6.07 Å². The van der Waals surface area contributed by atoms with Gasteiger partial charge in [-0.25, -0.2) is 13.8 Å². The van der Waals surface area contributed by atoms with Crippen molar-refractivity contribution in [3.05, 3.63) is 30.2 Å². The molecule has 0 spiro atoms. The molecule has 1 fully saturated rings. The zero-order valence-corrected chi connectivity index (χ0v) is 21.9. The fourth-order valence-electron chi connectivity index (χ4n) is 5.00. The third-order valence-corrected chi connectivity index (χ3v) is 6.87. The Kier molecular flexibility index (Phi) is 6.46. The number of aliphatic hydroxyl groups is 1. The van der Waals surface area contributed by atoms with E-state index < -0.39 is 23.9 Å². The summed E-state index contributed by atoms with van der Waals surface area (Å²) in [5.41, 5.74) is 2.96. The molecular formula is C24H31B3F2N6O2. The van der Waals surface area contributed by atoms with Crippen LogP contribution in [-0.2, 0) is 6.54 Å². The zero-order valence-electron chi connectivity index (χ0n) is 21.9. The number of rotatable bonds is 7. The first-order valence-electron chi connectivity index (χ1n) is 12.7. The fraction of sp³-hybridized carbons (Fsp3) is 0.458. The number of aromatic nitrogens is 5. The molecule has 37 heavy (non-hydrogen) atoms. The number of aryl methyl sites for hydroxylation is 1. The number of halogens is 2. The average molecular weight is 506 g/mol. The van der Waals surface area contributed by atoms with Crippen molar-refractivity contribution >= 4 is 51.6 Å². The number of alkyl halides is 2. The summed E-state index contributed by atoms with van der Waals surface area (Å²) >= 11 is 0. The van der Waals surface area contributed by atoms with Gasteiger partial charge >= 0.3 is 0 Å². The predicted molar refractivity (Wildman–Crippen MR) is 149 cm³/mol. The Morgan fingerprint density at radius 2 is 1.97 bits per heavy atom. The van der Waals surface area contributed by atoms with Crippen LogP contribution in [0, 0.1) is 6.92 Å². The molecular weight excluding hydrogens is 475 g/mol. The number of H-pyrrole nitrogens is 1. The lowest BCUT2D eigenvalue weighted by Crippen LogP contribution is -2.38. The molecule has 0 unspecified atom stereocenters. The second-order valence-electron chi connectivity index (χ2n) is 11.3. The maximum absolute atomic E-state index is 13.2. The van der Waals surface area contributed by atoms with E-state index in [2.05, 4.69) is 15.3 Å². The molecule has 1 aliphatic rings. The normalized spacial score (nSPS) is 20.6. The monoisotopic (exact) mass is 506 g/mol. The van der Waals surface area contributed by atoms with Crippen molar-refractivity contribution in [1.29, 1.82) is 0 Å². The zero-order chi connectivity index (χ0) is 26.5. The average Bonchev–Trinajstić information content (AvgIpc) is 3.35. The summed E-state index contributed by atoms with van der Waals surface area (Å²) in [4.78, 5) is 17.2. The molecule has 0 aliphatic heterocycles. The van der Waals surface area contributed by atoms with Gasteiger partial charge in [0.15, 0.2) is 0 Å². The molecule has 4 aromatic rings. The second-order valence-corrected chi connectivity index (χ2v) is 11.3. The Balaban J connectivity index is 1.56. The molecule has 5 rings (SSSR count). The van der Waals surface area contributed by atoms with Crippen molar-refractivity contribution in [2.75, 3.05) is 5.32 Å². The van der Waals surface area contributed by atoms with Crippen LogP contribution in [0.1, 0.15) is 38.4 Å². The van der Waals surface area contributed by atoms with Gasteiger partial charge < -0.3 is 24.7 Å². The first-order valence-corrected chi connectivity index (χ1v) is 12.7. The quantitative estimate of drug-likeness (QED) is 0.329. The van der Waals surface area contributed by atoms with Crippen LogP contribution < -0.4 is 10.1 Å². The van der Waals surface area contributed by atoms with Crippen molar-refractivity contribution < 1.29 is 18.6 Å². The predicted octanol–water partition coefficient (Wildman–Crippen LogP) is 1.54. The lowest BCUT2D eigenvalue weighted by Gasteiger charge is -2.33. The van der Waals surface area contributed by atoms with Crippen molar-refractivity contribution in [3.8, 4) is 17.0 Å². The van der Waals surface area contributed by atoms with E-state index in [4.69, 9.17) is 14.7 Å². The van der Waals surface area contributed by atoms with E-state index in [0.717, 1.165) is 42.2 Å². The van der Waals surface area contributed by atoms with Crippen LogP contribution in [0.25, 0.3) is 33.2 Å². The standard InChI is InChI=1S/C24H31B3F2N6O2/c1-12-31-16-4-3-13(9-17(16)35(12)11-18(28)29)15-10-30-20-19(15)21(37-24(25,26)27)34-22(33-20)32-14-5-7-23(2,36)8-6-14/h3-4,9-10,14,18,36H,5-8,11,25-27H2,1-2H3,(H2,30,32,33,34)/t14-,23-. The topological polar surface area (TPSA) is 101 Å². The number of imidazole rings is 1. The van der Waals surface area contributed by atoms with Crippen molar-refractivity contribution in [1.82, 2.24) is 24.5 Å². The Bertz CT molecular complexity index is 1440. The van der Waals surface area contributed by atoms with E-state index in [1.165, 1.54) is 0 Å². The lowest BCUT2D eigenvalue weighted by molar-refractivity contribution is 0.0195. The minimum Gasteiger partial charge on any atom is -0.498 e. The SMILES string of the molecule is BC(B)(B)Oc1nc(N[C@H]2CC[C@](C)(O)CC2)nc2[nH]cc(-c3ccc4nc(C)n(CC(F)F)c4c3)c12. The molecule has 1 saturated carbocycles. The number of aromatic amines is 1. The molecule has 0 radical (unpaired) electrons. The highest BCUT2D eigenvalue weighted by Crippen LogP contribution is 2.37.